The van der Waals surface area contributed by atoms with Gasteiger partial charge in [-0.05, 0) is 74.7 Å². The topological polar surface area (TPSA) is 64.4 Å². The van der Waals surface area contributed by atoms with Crippen LogP contribution in [-0.2, 0) is 9.84 Å². The third-order valence-electron chi connectivity index (χ3n) is 6.88. The Hall–Kier alpha value is -1.58. The lowest BCUT2D eigenvalue weighted by atomic mass is 9.86. The third-order valence-corrected chi connectivity index (χ3v) is 8.61. The van der Waals surface area contributed by atoms with Gasteiger partial charge >= 0.3 is 0 Å². The van der Waals surface area contributed by atoms with Crippen LogP contribution in [-0.4, -0.2) is 51.8 Å². The summed E-state index contributed by atoms with van der Waals surface area (Å²) in [5.74, 6) is 2.44. The maximum atomic E-state index is 12.3. The second kappa shape index (κ2) is 9.49. The first-order valence-electron chi connectivity index (χ1n) is 11.1. The van der Waals surface area contributed by atoms with Crippen molar-refractivity contribution >= 4 is 15.5 Å². The van der Waals surface area contributed by atoms with Gasteiger partial charge in [-0.25, -0.2) is 8.42 Å². The molecule has 2 heterocycles. The summed E-state index contributed by atoms with van der Waals surface area (Å²) < 4.78 is 24.5. The lowest BCUT2D eigenvalue weighted by molar-refractivity contribution is 0.132. The summed E-state index contributed by atoms with van der Waals surface area (Å²) in [4.78, 5) is 5.16. The van der Waals surface area contributed by atoms with Crippen molar-refractivity contribution in [3.63, 3.8) is 0 Å². The van der Waals surface area contributed by atoms with Gasteiger partial charge in [-0.2, -0.15) is 5.26 Å². The average Bonchev–Trinajstić information content (AvgIpc) is 2.74. The summed E-state index contributed by atoms with van der Waals surface area (Å²) >= 11 is 0. The number of likely N-dealkylation sites (tertiary alicyclic amines) is 1. The molecular formula is C23H35N3O2S. The summed E-state index contributed by atoms with van der Waals surface area (Å²) in [7, 11) is -3.27. The van der Waals surface area contributed by atoms with E-state index in [2.05, 4.69) is 29.7 Å². The summed E-state index contributed by atoms with van der Waals surface area (Å²) in [6.07, 6.45) is 4.83. The zero-order chi connectivity index (χ0) is 21.0. The molecule has 0 spiro atoms. The van der Waals surface area contributed by atoms with E-state index in [-0.39, 0.29) is 5.75 Å². The number of hydrogen-bond donors (Lipinski definition) is 0. The van der Waals surface area contributed by atoms with Gasteiger partial charge in [-0.3, -0.25) is 0 Å². The van der Waals surface area contributed by atoms with Gasteiger partial charge in [0.25, 0.3) is 0 Å². The van der Waals surface area contributed by atoms with Crippen LogP contribution >= 0.6 is 0 Å². The molecule has 2 fully saturated rings. The monoisotopic (exact) mass is 417 g/mol. The van der Waals surface area contributed by atoms with Crippen molar-refractivity contribution in [1.29, 1.82) is 5.26 Å². The number of nitrogens with zero attached hydrogens (tertiary/aromatic N) is 3. The largest absolute Gasteiger partial charge is 0.370 e. The lowest BCUT2D eigenvalue weighted by Crippen LogP contribution is -2.42. The molecular weight excluding hydrogens is 382 g/mol. The fourth-order valence-electron chi connectivity index (χ4n) is 4.75. The normalized spacial score (nSPS) is 20.2. The molecule has 0 bridgehead atoms. The van der Waals surface area contributed by atoms with E-state index >= 15 is 0 Å². The van der Waals surface area contributed by atoms with Crippen LogP contribution in [0.25, 0.3) is 0 Å². The fourth-order valence-corrected chi connectivity index (χ4v) is 5.65. The number of sulfone groups is 1. The van der Waals surface area contributed by atoms with Gasteiger partial charge in [0.15, 0.2) is 9.84 Å². The van der Waals surface area contributed by atoms with Gasteiger partial charge in [0.1, 0.15) is 6.07 Å². The Morgan fingerprint density at radius 3 is 2.31 bits per heavy atom. The van der Waals surface area contributed by atoms with E-state index in [0.717, 1.165) is 43.5 Å². The van der Waals surface area contributed by atoms with Crippen molar-refractivity contribution in [3.05, 3.63) is 23.8 Å². The maximum Gasteiger partial charge on any atom is 0.178 e. The molecule has 160 valence electrons. The van der Waals surface area contributed by atoms with E-state index in [4.69, 9.17) is 0 Å². The van der Waals surface area contributed by atoms with Crippen LogP contribution in [0.4, 0.5) is 5.69 Å². The van der Waals surface area contributed by atoms with E-state index in [1.807, 2.05) is 0 Å². The minimum absolute atomic E-state index is 0.0773. The quantitative estimate of drug-likeness (QED) is 0.701. The number of anilines is 1. The highest BCUT2D eigenvalue weighted by atomic mass is 32.2. The zero-order valence-corrected chi connectivity index (χ0v) is 18.9. The third kappa shape index (κ3) is 5.32. The Kier molecular flexibility index (Phi) is 7.23. The van der Waals surface area contributed by atoms with E-state index < -0.39 is 9.84 Å². The molecule has 3 rings (SSSR count). The highest BCUT2D eigenvalue weighted by molar-refractivity contribution is 7.91. The molecule has 2 saturated heterocycles. The molecule has 2 aliphatic rings. The Morgan fingerprint density at radius 2 is 1.76 bits per heavy atom. The first-order valence-corrected chi connectivity index (χ1v) is 12.7. The van der Waals surface area contributed by atoms with Crippen molar-refractivity contribution in [2.24, 2.45) is 17.8 Å². The van der Waals surface area contributed by atoms with Crippen LogP contribution in [0.5, 0.6) is 0 Å². The number of nitriles is 1. The average molecular weight is 418 g/mol. The van der Waals surface area contributed by atoms with Gasteiger partial charge in [0.2, 0.25) is 0 Å². The van der Waals surface area contributed by atoms with Crippen LogP contribution in [0.2, 0.25) is 0 Å². The molecule has 1 aromatic rings. The number of hydrogen-bond acceptors (Lipinski definition) is 5. The van der Waals surface area contributed by atoms with Gasteiger partial charge < -0.3 is 9.80 Å². The van der Waals surface area contributed by atoms with Crippen molar-refractivity contribution in [3.8, 4) is 6.07 Å². The summed E-state index contributed by atoms with van der Waals surface area (Å²) in [6, 6.07) is 7.16. The Bertz CT molecular complexity index is 828. The van der Waals surface area contributed by atoms with Gasteiger partial charge in [0.05, 0.1) is 21.9 Å². The smallest absolute Gasteiger partial charge is 0.178 e. The lowest BCUT2D eigenvalue weighted by Gasteiger charge is -2.39. The minimum atomic E-state index is -3.27. The second-order valence-electron chi connectivity index (χ2n) is 9.01. The first-order chi connectivity index (χ1) is 13.8. The van der Waals surface area contributed by atoms with Crippen LogP contribution in [0.3, 0.4) is 0 Å². The summed E-state index contributed by atoms with van der Waals surface area (Å²) in [6.45, 7) is 11.7. The molecule has 0 amide bonds. The minimum Gasteiger partial charge on any atom is -0.370 e. The summed E-state index contributed by atoms with van der Waals surface area (Å²) in [5.41, 5.74) is 1.34. The fraction of sp³-hybridized carbons (Fsp3) is 0.696. The molecule has 0 aromatic heterocycles. The van der Waals surface area contributed by atoms with E-state index in [0.29, 0.717) is 16.4 Å². The van der Waals surface area contributed by atoms with E-state index in [1.54, 1.807) is 25.1 Å². The standard InChI is InChI=1S/C23H35N3O2S/c1-4-29(27,28)22-6-5-21(16-24)23(15-22)26-13-7-19(8-14-26)17-25-11-9-20(10-12-25)18(2)3/h5-6,15,18-20H,4,7-14,17H2,1-3H3. The van der Waals surface area contributed by atoms with Crippen molar-refractivity contribution in [2.75, 3.05) is 43.4 Å². The Balaban J connectivity index is 1.60. The van der Waals surface area contributed by atoms with Gasteiger partial charge in [0, 0.05) is 19.6 Å². The van der Waals surface area contributed by atoms with Crippen LogP contribution in [0, 0.1) is 29.1 Å². The molecule has 29 heavy (non-hydrogen) atoms. The molecule has 2 aliphatic heterocycles. The van der Waals surface area contributed by atoms with Crippen molar-refractivity contribution in [1.82, 2.24) is 4.90 Å². The number of piperidine rings is 2. The maximum absolute atomic E-state index is 12.3. The van der Waals surface area contributed by atoms with E-state index in [1.165, 1.54) is 32.5 Å². The molecule has 0 unspecified atom stereocenters. The second-order valence-corrected chi connectivity index (χ2v) is 11.3. The highest BCUT2D eigenvalue weighted by Gasteiger charge is 2.27. The molecule has 5 nitrogen and oxygen atoms in total. The number of rotatable bonds is 6. The summed E-state index contributed by atoms with van der Waals surface area (Å²) in [5, 5.41) is 9.50. The highest BCUT2D eigenvalue weighted by Crippen LogP contribution is 2.30. The van der Waals surface area contributed by atoms with Crippen LogP contribution < -0.4 is 4.90 Å². The Morgan fingerprint density at radius 1 is 1.10 bits per heavy atom. The predicted molar refractivity (Wildman–Crippen MR) is 118 cm³/mol. The number of benzene rings is 1. The molecule has 0 saturated carbocycles. The molecule has 6 heteroatoms. The van der Waals surface area contributed by atoms with E-state index in [9.17, 15) is 13.7 Å². The molecule has 0 radical (unpaired) electrons. The molecule has 0 atom stereocenters. The zero-order valence-electron chi connectivity index (χ0n) is 18.1. The first kappa shape index (κ1) is 22.1. The Labute approximate surface area is 176 Å². The van der Waals surface area contributed by atoms with Crippen LogP contribution in [0.15, 0.2) is 23.1 Å². The molecule has 0 aliphatic carbocycles. The van der Waals surface area contributed by atoms with Crippen molar-refractivity contribution < 1.29 is 8.42 Å². The van der Waals surface area contributed by atoms with Crippen LogP contribution in [0.1, 0.15) is 52.0 Å². The van der Waals surface area contributed by atoms with Crippen molar-refractivity contribution in [2.45, 2.75) is 51.3 Å². The predicted octanol–water partition coefficient (Wildman–Crippen LogP) is 3.94. The molecule has 1 aromatic carbocycles. The van der Waals surface area contributed by atoms with Gasteiger partial charge in [-0.1, -0.05) is 20.8 Å². The SMILES string of the molecule is CCS(=O)(=O)c1ccc(C#N)c(N2CCC(CN3CCC(C(C)C)CC3)CC2)c1. The van der Waals surface area contributed by atoms with Gasteiger partial charge in [-0.15, -0.1) is 0 Å². The molecule has 0 N–H and O–H groups in total.